The molecular formula is C11H12N2O4. The lowest BCUT2D eigenvalue weighted by atomic mass is 10.0. The van der Waals surface area contributed by atoms with Crippen molar-refractivity contribution in [1.82, 2.24) is 10.2 Å². The van der Waals surface area contributed by atoms with Crippen LogP contribution in [-0.4, -0.2) is 35.7 Å². The molecule has 17 heavy (non-hydrogen) atoms. The molecule has 0 saturated carbocycles. The molecule has 1 atom stereocenters. The minimum Gasteiger partial charge on any atom is -0.459 e. The van der Waals surface area contributed by atoms with Gasteiger partial charge in [-0.25, -0.2) is 0 Å². The molecule has 6 nitrogen and oxygen atoms in total. The standard InChI is InChI=1S/C11H12N2O4/c1-13-9(14)5-4-7(11(13)16)12-10(15)8-3-2-6-17-8/h2-3,6-7H,4-5H2,1H3,(H,12,15). The Morgan fingerprint density at radius 1 is 1.53 bits per heavy atom. The molecule has 1 aromatic heterocycles. The van der Waals surface area contributed by atoms with E-state index in [2.05, 4.69) is 5.32 Å². The van der Waals surface area contributed by atoms with Crippen LogP contribution in [-0.2, 0) is 9.59 Å². The molecular weight excluding hydrogens is 224 g/mol. The van der Waals surface area contributed by atoms with E-state index in [4.69, 9.17) is 4.42 Å². The Morgan fingerprint density at radius 2 is 2.29 bits per heavy atom. The topological polar surface area (TPSA) is 79.6 Å². The van der Waals surface area contributed by atoms with Gasteiger partial charge in [0.2, 0.25) is 5.91 Å². The van der Waals surface area contributed by atoms with E-state index in [1.807, 2.05) is 0 Å². The zero-order valence-electron chi connectivity index (χ0n) is 9.30. The minimum absolute atomic E-state index is 0.150. The first-order valence-corrected chi connectivity index (χ1v) is 5.24. The van der Waals surface area contributed by atoms with Crippen molar-refractivity contribution in [2.24, 2.45) is 0 Å². The van der Waals surface area contributed by atoms with Crippen LogP contribution >= 0.6 is 0 Å². The van der Waals surface area contributed by atoms with Crippen LogP contribution in [0.15, 0.2) is 22.8 Å². The van der Waals surface area contributed by atoms with E-state index in [9.17, 15) is 14.4 Å². The Kier molecular flexibility index (Phi) is 2.95. The highest BCUT2D eigenvalue weighted by molar-refractivity contribution is 6.02. The van der Waals surface area contributed by atoms with Crippen molar-refractivity contribution < 1.29 is 18.8 Å². The summed E-state index contributed by atoms with van der Waals surface area (Å²) >= 11 is 0. The Labute approximate surface area is 97.6 Å². The number of amides is 3. The third-order valence-corrected chi connectivity index (χ3v) is 2.70. The van der Waals surface area contributed by atoms with Gasteiger partial charge in [-0.05, 0) is 18.6 Å². The molecule has 0 spiro atoms. The molecule has 1 unspecified atom stereocenters. The van der Waals surface area contributed by atoms with Crippen LogP contribution in [0.2, 0.25) is 0 Å². The zero-order chi connectivity index (χ0) is 12.4. The SMILES string of the molecule is CN1C(=O)CCC(NC(=O)c2ccco2)C1=O. The molecule has 1 N–H and O–H groups in total. The van der Waals surface area contributed by atoms with E-state index in [0.717, 1.165) is 4.90 Å². The predicted octanol–water partition coefficient (Wildman–Crippen LogP) is 0.157. The van der Waals surface area contributed by atoms with Gasteiger partial charge in [-0.2, -0.15) is 0 Å². The van der Waals surface area contributed by atoms with Gasteiger partial charge in [0, 0.05) is 13.5 Å². The van der Waals surface area contributed by atoms with Crippen molar-refractivity contribution in [3.8, 4) is 0 Å². The number of likely N-dealkylation sites (N-methyl/N-ethyl adjacent to an activating group) is 1. The average molecular weight is 236 g/mol. The fraction of sp³-hybridized carbons (Fsp3) is 0.364. The number of likely N-dealkylation sites (tertiary alicyclic amines) is 1. The average Bonchev–Trinajstić information content (AvgIpc) is 2.83. The van der Waals surface area contributed by atoms with E-state index in [1.54, 1.807) is 6.07 Å². The van der Waals surface area contributed by atoms with Crippen LogP contribution in [0.25, 0.3) is 0 Å². The lowest BCUT2D eigenvalue weighted by Crippen LogP contribution is -2.52. The van der Waals surface area contributed by atoms with Crippen LogP contribution in [0.3, 0.4) is 0 Å². The molecule has 1 saturated heterocycles. The van der Waals surface area contributed by atoms with Crippen molar-refractivity contribution in [3.05, 3.63) is 24.2 Å². The maximum atomic E-state index is 11.7. The molecule has 1 aliphatic rings. The first-order chi connectivity index (χ1) is 8.09. The van der Waals surface area contributed by atoms with Gasteiger partial charge in [0.25, 0.3) is 11.8 Å². The normalized spacial score (nSPS) is 20.5. The summed E-state index contributed by atoms with van der Waals surface area (Å²) in [7, 11) is 1.41. The maximum absolute atomic E-state index is 11.7. The fourth-order valence-corrected chi connectivity index (χ4v) is 1.69. The quantitative estimate of drug-likeness (QED) is 0.741. The summed E-state index contributed by atoms with van der Waals surface area (Å²) in [5, 5.41) is 2.55. The monoisotopic (exact) mass is 236 g/mol. The summed E-state index contributed by atoms with van der Waals surface area (Å²) in [6, 6.07) is 2.44. The highest BCUT2D eigenvalue weighted by Crippen LogP contribution is 2.12. The summed E-state index contributed by atoms with van der Waals surface area (Å²) in [6.07, 6.45) is 1.97. The van der Waals surface area contributed by atoms with Crippen LogP contribution in [0.4, 0.5) is 0 Å². The smallest absolute Gasteiger partial charge is 0.287 e. The van der Waals surface area contributed by atoms with Crippen LogP contribution in [0.5, 0.6) is 0 Å². The third-order valence-electron chi connectivity index (χ3n) is 2.70. The number of imide groups is 1. The minimum atomic E-state index is -0.657. The molecule has 0 aliphatic carbocycles. The van der Waals surface area contributed by atoms with Gasteiger partial charge in [-0.15, -0.1) is 0 Å². The van der Waals surface area contributed by atoms with Gasteiger partial charge in [0.15, 0.2) is 5.76 Å². The molecule has 1 aliphatic heterocycles. The van der Waals surface area contributed by atoms with Crippen LogP contribution < -0.4 is 5.32 Å². The Morgan fingerprint density at radius 3 is 2.94 bits per heavy atom. The lowest BCUT2D eigenvalue weighted by molar-refractivity contribution is -0.147. The molecule has 0 bridgehead atoms. The van der Waals surface area contributed by atoms with Gasteiger partial charge < -0.3 is 9.73 Å². The summed E-state index contributed by atoms with van der Waals surface area (Å²) in [5.41, 5.74) is 0. The van der Waals surface area contributed by atoms with E-state index in [0.29, 0.717) is 6.42 Å². The number of hydrogen-bond donors (Lipinski definition) is 1. The van der Waals surface area contributed by atoms with E-state index in [-0.39, 0.29) is 24.0 Å². The van der Waals surface area contributed by atoms with Crippen molar-refractivity contribution >= 4 is 17.7 Å². The highest BCUT2D eigenvalue weighted by atomic mass is 16.3. The number of carbonyl (C=O) groups excluding carboxylic acids is 3. The number of furan rings is 1. The molecule has 0 aromatic carbocycles. The first-order valence-electron chi connectivity index (χ1n) is 5.24. The summed E-state index contributed by atoms with van der Waals surface area (Å²) in [4.78, 5) is 35.6. The zero-order valence-corrected chi connectivity index (χ0v) is 9.30. The van der Waals surface area contributed by atoms with Gasteiger partial charge in [-0.1, -0.05) is 0 Å². The second-order valence-electron chi connectivity index (χ2n) is 3.83. The molecule has 90 valence electrons. The van der Waals surface area contributed by atoms with Gasteiger partial charge in [-0.3, -0.25) is 19.3 Å². The first kappa shape index (κ1) is 11.4. The van der Waals surface area contributed by atoms with Crippen molar-refractivity contribution in [3.63, 3.8) is 0 Å². The predicted molar refractivity (Wildman–Crippen MR) is 57.0 cm³/mol. The maximum Gasteiger partial charge on any atom is 0.287 e. The number of rotatable bonds is 2. The molecule has 1 fully saturated rings. The van der Waals surface area contributed by atoms with E-state index >= 15 is 0 Å². The number of nitrogens with one attached hydrogen (secondary N) is 1. The molecule has 2 rings (SSSR count). The van der Waals surface area contributed by atoms with Gasteiger partial charge in [0.05, 0.1) is 6.26 Å². The Balaban J connectivity index is 2.02. The van der Waals surface area contributed by atoms with Gasteiger partial charge >= 0.3 is 0 Å². The molecule has 6 heteroatoms. The molecule has 0 radical (unpaired) electrons. The summed E-state index contributed by atoms with van der Waals surface area (Å²) < 4.78 is 4.92. The van der Waals surface area contributed by atoms with Crippen molar-refractivity contribution in [2.45, 2.75) is 18.9 Å². The van der Waals surface area contributed by atoms with Gasteiger partial charge in [0.1, 0.15) is 6.04 Å². The second kappa shape index (κ2) is 4.40. The number of carbonyl (C=O) groups is 3. The Bertz CT molecular complexity index is 452. The number of nitrogens with zero attached hydrogens (tertiary/aromatic N) is 1. The number of hydrogen-bond acceptors (Lipinski definition) is 4. The van der Waals surface area contributed by atoms with E-state index in [1.165, 1.54) is 19.4 Å². The van der Waals surface area contributed by atoms with Crippen LogP contribution in [0.1, 0.15) is 23.4 Å². The van der Waals surface area contributed by atoms with E-state index < -0.39 is 11.9 Å². The summed E-state index contributed by atoms with van der Waals surface area (Å²) in [5.74, 6) is -0.909. The molecule has 1 aromatic rings. The summed E-state index contributed by atoms with van der Waals surface area (Å²) in [6.45, 7) is 0. The van der Waals surface area contributed by atoms with Crippen molar-refractivity contribution in [2.75, 3.05) is 7.05 Å². The fourth-order valence-electron chi connectivity index (χ4n) is 1.69. The third kappa shape index (κ3) is 2.20. The second-order valence-corrected chi connectivity index (χ2v) is 3.83. The van der Waals surface area contributed by atoms with Crippen molar-refractivity contribution in [1.29, 1.82) is 0 Å². The number of piperidine rings is 1. The Hall–Kier alpha value is -2.11. The largest absolute Gasteiger partial charge is 0.459 e. The molecule has 2 heterocycles. The van der Waals surface area contributed by atoms with Crippen LogP contribution in [0, 0.1) is 0 Å². The molecule has 3 amide bonds. The highest BCUT2D eigenvalue weighted by Gasteiger charge is 2.33. The lowest BCUT2D eigenvalue weighted by Gasteiger charge is -2.27.